The molecule has 0 aliphatic heterocycles. The molecule has 0 fully saturated rings. The average Bonchev–Trinajstić information content (AvgIpc) is 3.27. The molecule has 0 heterocycles. The number of anilines is 2. The Morgan fingerprint density at radius 3 is 0.875 bits per heavy atom. The van der Waals surface area contributed by atoms with Crippen LogP contribution in [-0.4, -0.2) is 51.9 Å². The molecule has 28 heteroatoms. The monoisotopic (exact) mass is 1080 g/mol. The third kappa shape index (κ3) is 13.2. The SMILES string of the molecule is Nc1cc(S(=O)(=O)[O-])cc2cc(S(=O)(=O)O)c(N=Nc3ccc(-c4ccc(-c5ccc(-c6ccc(N=Nc7c(S(=O)(=O)O)cc8cc(S(=O)(=O)[O-])cc(N)c8c7[O-])cc6)cc5)cc4)cc3)c([O-])c12.[Na+].[Na+].[Na+].[Na+]. The van der Waals surface area contributed by atoms with Crippen molar-refractivity contribution in [1.82, 2.24) is 0 Å². The molecular weight excluding hydrogens is 1060 g/mol. The minimum Gasteiger partial charge on any atom is -0.870 e. The Morgan fingerprint density at radius 2 is 0.639 bits per heavy atom. The summed E-state index contributed by atoms with van der Waals surface area (Å²) in [5.74, 6) is -2.15. The maximum absolute atomic E-state index is 13.3. The molecule has 8 aromatic rings. The molecule has 0 amide bonds. The van der Waals surface area contributed by atoms with Crippen molar-refractivity contribution in [1.29, 1.82) is 0 Å². The third-order valence-corrected chi connectivity index (χ3v) is 13.8. The molecular formula is C44H28N6Na4O14S4. The van der Waals surface area contributed by atoms with E-state index in [1.807, 2.05) is 48.5 Å². The van der Waals surface area contributed by atoms with E-state index in [0.717, 1.165) is 69.8 Å². The van der Waals surface area contributed by atoms with Crippen LogP contribution >= 0.6 is 0 Å². The number of nitrogens with two attached hydrogens (primary N) is 2. The molecule has 8 rings (SSSR count). The molecule has 0 spiro atoms. The molecule has 8 aromatic carbocycles. The Kier molecular flexibility index (Phi) is 19.8. The number of hydrogen-bond donors (Lipinski definition) is 4. The van der Waals surface area contributed by atoms with Gasteiger partial charge in [-0.25, -0.2) is 16.8 Å². The Labute approximate surface area is 499 Å². The van der Waals surface area contributed by atoms with Crippen LogP contribution in [-0.2, 0) is 40.5 Å². The molecule has 0 unspecified atom stereocenters. The number of hydrogen-bond acceptors (Lipinski definition) is 18. The molecule has 20 nitrogen and oxygen atoms in total. The number of nitrogens with zero attached hydrogens (tertiary/aromatic N) is 4. The first-order valence-corrected chi connectivity index (χ1v) is 24.8. The smallest absolute Gasteiger partial charge is 0.870 e. The van der Waals surface area contributed by atoms with E-state index >= 15 is 0 Å². The summed E-state index contributed by atoms with van der Waals surface area (Å²) in [4.78, 5) is -3.56. The van der Waals surface area contributed by atoms with Gasteiger partial charge in [-0.05, 0) is 116 Å². The maximum atomic E-state index is 13.3. The maximum Gasteiger partial charge on any atom is 1.00 e. The number of azo groups is 2. The van der Waals surface area contributed by atoms with Crippen LogP contribution in [0.3, 0.4) is 0 Å². The fourth-order valence-corrected chi connectivity index (χ4v) is 9.58. The topological polar surface area (TPSA) is 371 Å². The van der Waals surface area contributed by atoms with Crippen LogP contribution in [0.5, 0.6) is 11.5 Å². The van der Waals surface area contributed by atoms with Gasteiger partial charge in [0.2, 0.25) is 0 Å². The molecule has 0 saturated carbocycles. The van der Waals surface area contributed by atoms with Crippen molar-refractivity contribution in [2.45, 2.75) is 19.6 Å². The van der Waals surface area contributed by atoms with E-state index in [4.69, 9.17) is 11.5 Å². The molecule has 72 heavy (non-hydrogen) atoms. The van der Waals surface area contributed by atoms with Crippen LogP contribution in [0.25, 0.3) is 54.9 Å². The van der Waals surface area contributed by atoms with Crippen molar-refractivity contribution in [3.63, 3.8) is 0 Å². The quantitative estimate of drug-likeness (QED) is 0.0410. The van der Waals surface area contributed by atoms with Gasteiger partial charge in [0.15, 0.2) is 0 Å². The zero-order valence-corrected chi connectivity index (χ0v) is 49.3. The fourth-order valence-electron chi connectivity index (χ4n) is 7.19. The molecule has 0 aromatic heterocycles. The van der Waals surface area contributed by atoms with E-state index < -0.39 is 94.3 Å². The van der Waals surface area contributed by atoms with Gasteiger partial charge in [0.25, 0.3) is 20.2 Å². The summed E-state index contributed by atoms with van der Waals surface area (Å²) in [6.07, 6.45) is 0. The molecule has 0 aliphatic carbocycles. The molecule has 346 valence electrons. The van der Waals surface area contributed by atoms with Gasteiger partial charge in [0.1, 0.15) is 30.0 Å². The first kappa shape index (κ1) is 60.9. The first-order chi connectivity index (χ1) is 31.9. The van der Waals surface area contributed by atoms with Gasteiger partial charge in [-0.3, -0.25) is 9.11 Å². The summed E-state index contributed by atoms with van der Waals surface area (Å²) in [5.41, 5.74) is 14.7. The van der Waals surface area contributed by atoms with Crippen molar-refractivity contribution in [2.24, 2.45) is 20.5 Å². The van der Waals surface area contributed by atoms with Gasteiger partial charge in [0, 0.05) is 11.4 Å². The Morgan fingerprint density at radius 1 is 0.389 bits per heavy atom. The number of nitrogen functional groups attached to an aromatic ring is 2. The van der Waals surface area contributed by atoms with Crippen molar-refractivity contribution < 1.29 is 180 Å². The molecule has 0 bridgehead atoms. The number of fused-ring (bicyclic) bond motifs is 2. The minimum absolute atomic E-state index is 0. The van der Waals surface area contributed by atoms with E-state index in [2.05, 4.69) is 20.5 Å². The van der Waals surface area contributed by atoms with E-state index in [-0.39, 0.29) is 151 Å². The summed E-state index contributed by atoms with van der Waals surface area (Å²) in [7, 11) is -20.2. The van der Waals surface area contributed by atoms with Crippen molar-refractivity contribution in [3.8, 4) is 44.9 Å². The summed E-state index contributed by atoms with van der Waals surface area (Å²) < 4.78 is 138. The first-order valence-electron chi connectivity index (χ1n) is 19.1. The Hall–Kier alpha value is -3.68. The van der Waals surface area contributed by atoms with Gasteiger partial charge in [-0.1, -0.05) is 84.3 Å². The normalized spacial score (nSPS) is 12.0. The standard InChI is InChI=1S/C44H32N6O14S4.4Na/c45-35-21-33(65(53,54)55)17-29-19-37(67(59,60)61)41(43(51)39(29)35)49-47-31-13-9-27(10-14-31)25-5-1-23(2-6-25)24-3-7-26(8-4-24)28-11-15-32(16-12-28)48-50-42-38(68(62,63)64)20-30-18-34(66(56,57)58)22-36(46)40(30)44(42)52;;;;/h1-22,51-52H,45-46H2,(H,53,54,55)(H,56,57,58)(H,59,60,61)(H,62,63,64);;;;/q;4*+1/p-4. The van der Waals surface area contributed by atoms with Crippen molar-refractivity contribution in [3.05, 3.63) is 133 Å². The summed E-state index contributed by atoms with van der Waals surface area (Å²) >= 11 is 0. The zero-order chi connectivity index (χ0) is 49.1. The van der Waals surface area contributed by atoms with Gasteiger partial charge < -0.3 is 30.8 Å². The van der Waals surface area contributed by atoms with E-state index in [1.165, 1.54) is 0 Å². The van der Waals surface area contributed by atoms with Crippen molar-refractivity contribution >= 4 is 96.1 Å². The number of benzene rings is 8. The molecule has 0 radical (unpaired) electrons. The van der Waals surface area contributed by atoms with Crippen LogP contribution in [0.15, 0.2) is 173 Å². The van der Waals surface area contributed by atoms with Gasteiger partial charge in [0.05, 0.1) is 32.5 Å². The minimum atomic E-state index is -5.09. The van der Waals surface area contributed by atoms with Crippen LogP contribution in [0.2, 0.25) is 0 Å². The van der Waals surface area contributed by atoms with Crippen molar-refractivity contribution in [2.75, 3.05) is 11.5 Å². The molecule has 6 N–H and O–H groups in total. The van der Waals surface area contributed by atoms with E-state index in [9.17, 15) is 62.1 Å². The average molecular weight is 1080 g/mol. The summed E-state index contributed by atoms with van der Waals surface area (Å²) in [6, 6.07) is 32.8. The third-order valence-electron chi connectivity index (χ3n) is 10.4. The predicted molar refractivity (Wildman–Crippen MR) is 242 cm³/mol. The summed E-state index contributed by atoms with van der Waals surface area (Å²) in [5, 5.41) is 40.9. The van der Waals surface area contributed by atoms with Gasteiger partial charge in [-0.15, -0.1) is 10.2 Å². The second-order valence-corrected chi connectivity index (χ2v) is 20.4. The van der Waals surface area contributed by atoms with Gasteiger partial charge >= 0.3 is 118 Å². The Balaban J connectivity index is 0.00000281. The van der Waals surface area contributed by atoms with Gasteiger partial charge in [-0.2, -0.15) is 27.1 Å². The van der Waals surface area contributed by atoms with E-state index in [1.54, 1.807) is 48.5 Å². The zero-order valence-electron chi connectivity index (χ0n) is 38.1. The molecule has 0 aliphatic rings. The van der Waals surface area contributed by atoms with Crippen LogP contribution in [0.1, 0.15) is 0 Å². The van der Waals surface area contributed by atoms with Crippen LogP contribution in [0, 0.1) is 0 Å². The second kappa shape index (κ2) is 23.5. The molecule has 0 atom stereocenters. The fraction of sp³-hybridized carbons (Fsp3) is 0. The second-order valence-electron chi connectivity index (χ2n) is 14.8. The summed E-state index contributed by atoms with van der Waals surface area (Å²) in [6.45, 7) is 0. The van der Waals surface area contributed by atoms with Crippen LogP contribution in [0.4, 0.5) is 34.1 Å². The van der Waals surface area contributed by atoms with Crippen LogP contribution < -0.4 is 140 Å². The number of rotatable bonds is 11. The largest absolute Gasteiger partial charge is 1.00 e. The predicted octanol–water partition coefficient (Wildman–Crippen LogP) is -4.55. The molecule has 0 saturated heterocycles. The van der Waals surface area contributed by atoms with E-state index in [0.29, 0.717) is 0 Å². The Bertz CT molecular complexity index is 3670.